The molecule has 4 rings (SSSR count). The van der Waals surface area contributed by atoms with Crippen LogP contribution in [0.25, 0.3) is 11.0 Å². The van der Waals surface area contributed by atoms with Crippen LogP contribution >= 0.6 is 11.6 Å². The first-order valence-electron chi connectivity index (χ1n) is 11.3. The number of hydrogen-bond donors (Lipinski definition) is 1. The second-order valence-corrected chi connectivity index (χ2v) is 8.77. The van der Waals surface area contributed by atoms with E-state index in [1.54, 1.807) is 29.7 Å². The second kappa shape index (κ2) is 10.3. The molecule has 0 radical (unpaired) electrons. The topological polar surface area (TPSA) is 86.5 Å². The molecule has 0 fully saturated rings. The molecule has 0 aliphatic carbocycles. The van der Waals surface area contributed by atoms with E-state index in [0.29, 0.717) is 29.0 Å². The van der Waals surface area contributed by atoms with Crippen LogP contribution < -0.4 is 9.47 Å². The van der Waals surface area contributed by atoms with E-state index in [4.69, 9.17) is 21.1 Å². The fourth-order valence-electron chi connectivity index (χ4n) is 3.95. The molecule has 0 bridgehead atoms. The summed E-state index contributed by atoms with van der Waals surface area (Å²) in [7, 11) is 0. The Labute approximate surface area is 215 Å². The van der Waals surface area contributed by atoms with Crippen LogP contribution in [0.15, 0.2) is 42.6 Å². The van der Waals surface area contributed by atoms with Gasteiger partial charge in [0.2, 0.25) is 0 Å². The Morgan fingerprint density at radius 1 is 1.14 bits per heavy atom. The molecule has 2 aromatic carbocycles. The molecule has 37 heavy (non-hydrogen) atoms. The summed E-state index contributed by atoms with van der Waals surface area (Å²) >= 11 is 6.16. The third-order valence-corrected chi connectivity index (χ3v) is 6.16. The number of carboxylic acid groups (broad SMARTS) is 1. The first kappa shape index (κ1) is 26.3. The summed E-state index contributed by atoms with van der Waals surface area (Å²) in [6.45, 7) is 5.78. The third-order valence-electron chi connectivity index (χ3n) is 5.83. The summed E-state index contributed by atoms with van der Waals surface area (Å²) in [5, 5.41) is 9.39. The summed E-state index contributed by atoms with van der Waals surface area (Å²) < 4.78 is 52.5. The first-order valence-corrected chi connectivity index (χ1v) is 11.7. The number of carbonyl (C=O) groups is 1. The van der Waals surface area contributed by atoms with Crippen LogP contribution in [0, 0.1) is 13.8 Å². The standard InChI is InChI=1S/C26H23ClF3N3O4/c1-4-36-25-32-23-15(3)8-17(37-13-19-14(2)6-5-7-18(19)24(34)35)10-22(23)33(25)12-21-20(27)9-16(11-31-21)26(28,29)30/h5-11H,4,12-13H2,1-3H3,(H,34,35). The number of aryl methyl sites for hydroxylation is 2. The maximum Gasteiger partial charge on any atom is 0.417 e. The van der Waals surface area contributed by atoms with Crippen LogP contribution in [-0.2, 0) is 19.3 Å². The molecule has 0 atom stereocenters. The van der Waals surface area contributed by atoms with E-state index < -0.39 is 17.7 Å². The highest BCUT2D eigenvalue weighted by Gasteiger charge is 2.31. The van der Waals surface area contributed by atoms with Gasteiger partial charge < -0.3 is 14.6 Å². The number of fused-ring (bicyclic) bond motifs is 1. The smallest absolute Gasteiger partial charge is 0.417 e. The monoisotopic (exact) mass is 533 g/mol. The lowest BCUT2D eigenvalue weighted by Gasteiger charge is -2.14. The molecule has 0 aliphatic rings. The van der Waals surface area contributed by atoms with Crippen LogP contribution in [-0.4, -0.2) is 32.2 Å². The minimum absolute atomic E-state index is 0.00660. The first-order chi connectivity index (χ1) is 17.5. The minimum atomic E-state index is -4.56. The fraction of sp³-hybridized carbons (Fsp3) is 0.269. The average Bonchev–Trinajstić information content (AvgIpc) is 3.16. The summed E-state index contributed by atoms with van der Waals surface area (Å²) in [6.07, 6.45) is -3.82. The number of rotatable bonds is 8. The molecule has 0 aliphatic heterocycles. The number of halogens is 4. The van der Waals surface area contributed by atoms with E-state index in [1.165, 1.54) is 6.07 Å². The molecule has 2 aromatic heterocycles. The molecule has 0 saturated heterocycles. The van der Waals surface area contributed by atoms with Gasteiger partial charge >= 0.3 is 12.1 Å². The number of aromatic carboxylic acids is 1. The zero-order valence-corrected chi connectivity index (χ0v) is 20.9. The maximum absolute atomic E-state index is 13.0. The molecule has 1 N–H and O–H groups in total. The number of ether oxygens (including phenoxy) is 2. The summed E-state index contributed by atoms with van der Waals surface area (Å²) in [4.78, 5) is 20.1. The SMILES string of the molecule is CCOc1nc2c(C)cc(OCc3c(C)cccc3C(=O)O)cc2n1Cc1ncc(C(F)(F)F)cc1Cl. The van der Waals surface area contributed by atoms with Gasteiger partial charge in [0.15, 0.2) is 0 Å². The largest absolute Gasteiger partial charge is 0.489 e. The molecule has 0 amide bonds. The quantitative estimate of drug-likeness (QED) is 0.280. The molecule has 2 heterocycles. The number of imidazole rings is 1. The minimum Gasteiger partial charge on any atom is -0.489 e. The summed E-state index contributed by atoms with van der Waals surface area (Å²) in [5.41, 5.74) is 2.74. The van der Waals surface area contributed by atoms with E-state index in [9.17, 15) is 23.1 Å². The van der Waals surface area contributed by atoms with Gasteiger partial charge in [0, 0.05) is 17.8 Å². The van der Waals surface area contributed by atoms with Gasteiger partial charge in [0.1, 0.15) is 12.4 Å². The van der Waals surface area contributed by atoms with E-state index in [1.807, 2.05) is 19.9 Å². The number of carboxylic acids is 1. The molecule has 0 spiro atoms. The zero-order chi connectivity index (χ0) is 26.9. The number of hydrogen-bond acceptors (Lipinski definition) is 5. The molecule has 11 heteroatoms. The number of benzene rings is 2. The molecule has 0 unspecified atom stereocenters. The van der Waals surface area contributed by atoms with Crippen molar-refractivity contribution >= 4 is 28.6 Å². The van der Waals surface area contributed by atoms with Crippen molar-refractivity contribution in [3.05, 3.63) is 81.1 Å². The van der Waals surface area contributed by atoms with Gasteiger partial charge in [0.05, 0.1) is 46.0 Å². The normalized spacial score (nSPS) is 11.6. The van der Waals surface area contributed by atoms with Gasteiger partial charge in [0.25, 0.3) is 6.01 Å². The van der Waals surface area contributed by atoms with Crippen LogP contribution in [0.5, 0.6) is 11.8 Å². The average molecular weight is 534 g/mol. The number of aromatic nitrogens is 3. The van der Waals surface area contributed by atoms with Crippen molar-refractivity contribution in [2.45, 2.75) is 40.1 Å². The van der Waals surface area contributed by atoms with Crippen molar-refractivity contribution in [2.24, 2.45) is 0 Å². The van der Waals surface area contributed by atoms with Gasteiger partial charge in [-0.2, -0.15) is 18.2 Å². The predicted molar refractivity (Wildman–Crippen MR) is 131 cm³/mol. The van der Waals surface area contributed by atoms with Crippen LogP contribution in [0.4, 0.5) is 13.2 Å². The Morgan fingerprint density at radius 2 is 1.89 bits per heavy atom. The predicted octanol–water partition coefficient (Wildman–Crippen LogP) is 6.44. The second-order valence-electron chi connectivity index (χ2n) is 8.37. The van der Waals surface area contributed by atoms with E-state index in [-0.39, 0.29) is 35.4 Å². The van der Waals surface area contributed by atoms with Crippen molar-refractivity contribution in [1.82, 2.24) is 14.5 Å². The van der Waals surface area contributed by atoms with Gasteiger partial charge in [-0.3, -0.25) is 9.55 Å². The molecule has 194 valence electrons. The van der Waals surface area contributed by atoms with Crippen molar-refractivity contribution in [3.63, 3.8) is 0 Å². The number of pyridine rings is 1. The molecular formula is C26H23ClF3N3O4. The van der Waals surface area contributed by atoms with Crippen LogP contribution in [0.1, 0.15) is 45.2 Å². The van der Waals surface area contributed by atoms with E-state index >= 15 is 0 Å². The van der Waals surface area contributed by atoms with Crippen molar-refractivity contribution in [3.8, 4) is 11.8 Å². The van der Waals surface area contributed by atoms with Gasteiger partial charge in [-0.1, -0.05) is 23.7 Å². The lowest BCUT2D eigenvalue weighted by molar-refractivity contribution is -0.137. The highest BCUT2D eigenvalue weighted by molar-refractivity contribution is 6.31. The van der Waals surface area contributed by atoms with Crippen LogP contribution in [0.2, 0.25) is 5.02 Å². The Kier molecular flexibility index (Phi) is 7.31. The molecule has 4 aromatic rings. The van der Waals surface area contributed by atoms with E-state index in [0.717, 1.165) is 23.4 Å². The van der Waals surface area contributed by atoms with Gasteiger partial charge in [-0.15, -0.1) is 0 Å². The Balaban J connectivity index is 1.72. The van der Waals surface area contributed by atoms with Crippen molar-refractivity contribution in [2.75, 3.05) is 6.61 Å². The van der Waals surface area contributed by atoms with Crippen molar-refractivity contribution in [1.29, 1.82) is 0 Å². The lowest BCUT2D eigenvalue weighted by atomic mass is 10.0. The van der Waals surface area contributed by atoms with Gasteiger partial charge in [-0.25, -0.2) is 4.79 Å². The fourth-order valence-corrected chi connectivity index (χ4v) is 4.18. The molecule has 7 nitrogen and oxygen atoms in total. The Morgan fingerprint density at radius 3 is 2.54 bits per heavy atom. The van der Waals surface area contributed by atoms with Crippen LogP contribution in [0.3, 0.4) is 0 Å². The molecular weight excluding hydrogens is 511 g/mol. The maximum atomic E-state index is 13.0. The zero-order valence-electron chi connectivity index (χ0n) is 20.2. The third kappa shape index (κ3) is 5.48. The number of nitrogens with zero attached hydrogens (tertiary/aromatic N) is 3. The lowest BCUT2D eigenvalue weighted by Crippen LogP contribution is -2.10. The highest BCUT2D eigenvalue weighted by atomic mass is 35.5. The summed E-state index contributed by atoms with van der Waals surface area (Å²) in [5.74, 6) is -0.588. The van der Waals surface area contributed by atoms with Crippen molar-refractivity contribution < 1.29 is 32.5 Å². The number of alkyl halides is 3. The Hall–Kier alpha value is -3.79. The Bertz CT molecular complexity index is 1480. The highest BCUT2D eigenvalue weighted by Crippen LogP contribution is 2.33. The van der Waals surface area contributed by atoms with E-state index in [2.05, 4.69) is 9.97 Å². The molecule has 0 saturated carbocycles. The van der Waals surface area contributed by atoms with Gasteiger partial charge in [-0.05, 0) is 50.1 Å². The summed E-state index contributed by atoms with van der Waals surface area (Å²) in [6, 6.07) is 9.59.